The van der Waals surface area contributed by atoms with E-state index in [-0.39, 0.29) is 12.3 Å². The summed E-state index contributed by atoms with van der Waals surface area (Å²) in [5, 5.41) is 13.7. The summed E-state index contributed by atoms with van der Waals surface area (Å²) in [6.07, 6.45) is 6.02. The van der Waals surface area contributed by atoms with Gasteiger partial charge in [-0.2, -0.15) is 0 Å². The van der Waals surface area contributed by atoms with Gasteiger partial charge in [0, 0.05) is 47.5 Å². The van der Waals surface area contributed by atoms with E-state index in [0.717, 1.165) is 40.1 Å². The molecule has 0 saturated carbocycles. The number of aryl methyl sites for hydroxylation is 2. The fraction of sp³-hybridized carbons (Fsp3) is 0.152. The molecule has 7 heteroatoms. The molecule has 7 nitrogen and oxygen atoms in total. The number of H-pyrrole nitrogens is 1. The van der Waals surface area contributed by atoms with Crippen LogP contribution in [0.1, 0.15) is 34.5 Å². The van der Waals surface area contributed by atoms with Crippen LogP contribution in [0, 0.1) is 0 Å². The van der Waals surface area contributed by atoms with Crippen LogP contribution in [0.5, 0.6) is 0 Å². The number of amides is 1. The smallest absolute Gasteiger partial charge is 0.226 e. The summed E-state index contributed by atoms with van der Waals surface area (Å²) in [5.41, 5.74) is 5.09. The number of hydrogen-bond acceptors (Lipinski definition) is 4. The normalized spacial score (nSPS) is 11.9. The molecule has 1 atom stereocenters. The van der Waals surface area contributed by atoms with Crippen molar-refractivity contribution in [1.29, 1.82) is 0 Å². The number of para-hydroxylation sites is 2. The molecule has 6 aromatic rings. The van der Waals surface area contributed by atoms with Crippen LogP contribution in [-0.2, 0) is 30.5 Å². The lowest BCUT2D eigenvalue weighted by atomic mass is 10.0. The van der Waals surface area contributed by atoms with Crippen molar-refractivity contribution in [3.05, 3.63) is 144 Å². The monoisotopic (exact) mass is 526 g/mol. The summed E-state index contributed by atoms with van der Waals surface area (Å²) in [6, 6.07) is 33.9. The number of benzene rings is 3. The largest absolute Gasteiger partial charge is 0.361 e. The van der Waals surface area contributed by atoms with Crippen molar-refractivity contribution in [2.45, 2.75) is 31.7 Å². The lowest BCUT2D eigenvalue weighted by Gasteiger charge is -2.20. The minimum atomic E-state index is -0.409. The molecule has 0 saturated heterocycles. The van der Waals surface area contributed by atoms with Gasteiger partial charge in [0.05, 0.1) is 12.5 Å². The Kier molecular flexibility index (Phi) is 7.44. The van der Waals surface area contributed by atoms with E-state index in [1.165, 1.54) is 5.56 Å². The molecule has 0 unspecified atom stereocenters. The number of aromatic amines is 1. The Balaban J connectivity index is 1.37. The Morgan fingerprint density at radius 3 is 2.38 bits per heavy atom. The van der Waals surface area contributed by atoms with Gasteiger partial charge in [-0.15, -0.1) is 10.2 Å². The Labute approximate surface area is 232 Å². The molecule has 2 N–H and O–H groups in total. The summed E-state index contributed by atoms with van der Waals surface area (Å²) in [5.74, 6) is 1.44. The molecule has 3 aromatic carbocycles. The van der Waals surface area contributed by atoms with Crippen molar-refractivity contribution in [2.24, 2.45) is 0 Å². The van der Waals surface area contributed by atoms with Gasteiger partial charge in [-0.05, 0) is 47.9 Å². The van der Waals surface area contributed by atoms with Gasteiger partial charge in [-0.3, -0.25) is 14.3 Å². The van der Waals surface area contributed by atoms with Crippen LogP contribution in [-0.4, -0.2) is 30.6 Å². The lowest BCUT2D eigenvalue weighted by Crippen LogP contribution is -2.33. The first-order valence-electron chi connectivity index (χ1n) is 13.5. The van der Waals surface area contributed by atoms with E-state index in [4.69, 9.17) is 5.10 Å². The maximum Gasteiger partial charge on any atom is 0.226 e. The van der Waals surface area contributed by atoms with Crippen LogP contribution in [0.3, 0.4) is 0 Å². The third-order valence-corrected chi connectivity index (χ3v) is 7.06. The third kappa shape index (κ3) is 5.68. The molecule has 40 heavy (non-hydrogen) atoms. The van der Waals surface area contributed by atoms with Crippen LogP contribution in [0.2, 0.25) is 0 Å². The predicted octanol–water partition coefficient (Wildman–Crippen LogP) is 5.57. The van der Waals surface area contributed by atoms with Crippen LogP contribution in [0.15, 0.2) is 116 Å². The van der Waals surface area contributed by atoms with Crippen LogP contribution < -0.4 is 5.32 Å². The van der Waals surface area contributed by atoms with E-state index < -0.39 is 6.04 Å². The highest BCUT2D eigenvalue weighted by molar-refractivity contribution is 5.83. The Bertz CT molecular complexity index is 1690. The van der Waals surface area contributed by atoms with Crippen LogP contribution in [0.4, 0.5) is 0 Å². The number of hydrogen-bond donors (Lipinski definition) is 2. The third-order valence-electron chi connectivity index (χ3n) is 7.06. The first-order valence-corrected chi connectivity index (χ1v) is 13.5. The Morgan fingerprint density at radius 1 is 0.825 bits per heavy atom. The summed E-state index contributed by atoms with van der Waals surface area (Å²) in [4.78, 5) is 21.0. The van der Waals surface area contributed by atoms with Gasteiger partial charge in [-0.1, -0.05) is 72.8 Å². The molecule has 0 aliphatic carbocycles. The second-order valence-corrected chi connectivity index (χ2v) is 9.81. The molecule has 0 bridgehead atoms. The van der Waals surface area contributed by atoms with Gasteiger partial charge in [0.15, 0.2) is 5.82 Å². The van der Waals surface area contributed by atoms with Gasteiger partial charge >= 0.3 is 0 Å². The quantitative estimate of drug-likeness (QED) is 0.244. The summed E-state index contributed by atoms with van der Waals surface area (Å²) in [7, 11) is 0. The van der Waals surface area contributed by atoms with Gasteiger partial charge in [0.25, 0.3) is 0 Å². The van der Waals surface area contributed by atoms with Gasteiger partial charge in [0.2, 0.25) is 5.91 Å². The van der Waals surface area contributed by atoms with E-state index in [1.54, 1.807) is 6.20 Å². The number of carbonyl (C=O) groups excluding carboxylic acids is 1. The first-order chi connectivity index (χ1) is 19.7. The van der Waals surface area contributed by atoms with E-state index in [2.05, 4.69) is 73.5 Å². The highest BCUT2D eigenvalue weighted by Crippen LogP contribution is 2.27. The molecule has 1 amide bonds. The highest BCUT2D eigenvalue weighted by atomic mass is 16.1. The van der Waals surface area contributed by atoms with E-state index in [1.807, 2.05) is 60.8 Å². The van der Waals surface area contributed by atoms with Crippen molar-refractivity contribution in [3.63, 3.8) is 0 Å². The maximum atomic E-state index is 13.3. The minimum Gasteiger partial charge on any atom is -0.361 e. The fourth-order valence-corrected chi connectivity index (χ4v) is 5.12. The fourth-order valence-electron chi connectivity index (χ4n) is 5.12. The molecule has 0 fully saturated rings. The number of nitrogens with zero attached hydrogens (tertiary/aromatic N) is 4. The van der Waals surface area contributed by atoms with Crippen molar-refractivity contribution in [2.75, 3.05) is 0 Å². The number of nitrogens with one attached hydrogen (secondary N) is 2. The Morgan fingerprint density at radius 2 is 1.57 bits per heavy atom. The second-order valence-electron chi connectivity index (χ2n) is 9.81. The van der Waals surface area contributed by atoms with E-state index in [0.29, 0.717) is 18.7 Å². The maximum absolute atomic E-state index is 13.3. The number of pyridine rings is 1. The van der Waals surface area contributed by atoms with Crippen LogP contribution in [0.25, 0.3) is 16.6 Å². The van der Waals surface area contributed by atoms with Gasteiger partial charge in [0.1, 0.15) is 5.82 Å². The number of fused-ring (bicyclic) bond motifs is 1. The van der Waals surface area contributed by atoms with E-state index >= 15 is 0 Å². The first kappa shape index (κ1) is 25.2. The lowest BCUT2D eigenvalue weighted by molar-refractivity contribution is -0.121. The summed E-state index contributed by atoms with van der Waals surface area (Å²) >= 11 is 0. The van der Waals surface area contributed by atoms with Crippen molar-refractivity contribution in [3.8, 4) is 5.69 Å². The molecule has 198 valence electrons. The minimum absolute atomic E-state index is 0.114. The number of aromatic nitrogens is 5. The molecule has 3 aromatic heterocycles. The molecule has 0 radical (unpaired) electrons. The van der Waals surface area contributed by atoms with Crippen LogP contribution >= 0.6 is 0 Å². The standard InChI is InChI=1S/C33H30N6O/c40-32(22-26-13-9-10-20-34-26)36-30(21-25-23-35-29-17-8-7-16-28(25)29)33-38-37-31(19-18-24-11-3-1-4-12-24)39(33)27-14-5-2-6-15-27/h1-17,20,23,30,35H,18-19,21-22H2,(H,36,40)/t30-/m1/s1. The number of rotatable bonds is 10. The molecule has 0 aliphatic heterocycles. The molecule has 0 spiro atoms. The average molecular weight is 527 g/mol. The van der Waals surface area contributed by atoms with Gasteiger partial charge < -0.3 is 10.3 Å². The van der Waals surface area contributed by atoms with Crippen molar-refractivity contribution >= 4 is 16.8 Å². The topological polar surface area (TPSA) is 88.5 Å². The molecule has 0 aliphatic rings. The predicted molar refractivity (Wildman–Crippen MR) is 156 cm³/mol. The number of carbonyl (C=O) groups is 1. The van der Waals surface area contributed by atoms with Crippen molar-refractivity contribution < 1.29 is 4.79 Å². The summed E-state index contributed by atoms with van der Waals surface area (Å²) in [6.45, 7) is 0. The van der Waals surface area contributed by atoms with E-state index in [9.17, 15) is 4.79 Å². The molecule has 6 rings (SSSR count). The molecule has 3 heterocycles. The SMILES string of the molecule is O=C(Cc1ccccn1)N[C@H](Cc1c[nH]c2ccccc12)c1nnc(CCc2ccccc2)n1-c1ccccc1. The Hall–Kier alpha value is -5.04. The molecular formula is C33H30N6O. The second kappa shape index (κ2) is 11.8. The molecular weight excluding hydrogens is 496 g/mol. The average Bonchev–Trinajstić information content (AvgIpc) is 3.61. The highest BCUT2D eigenvalue weighted by Gasteiger charge is 2.25. The zero-order chi connectivity index (χ0) is 27.1. The summed E-state index contributed by atoms with van der Waals surface area (Å²) < 4.78 is 2.10. The van der Waals surface area contributed by atoms with Crippen molar-refractivity contribution in [1.82, 2.24) is 30.0 Å². The van der Waals surface area contributed by atoms with Gasteiger partial charge in [-0.25, -0.2) is 0 Å². The zero-order valence-corrected chi connectivity index (χ0v) is 22.1. The zero-order valence-electron chi connectivity index (χ0n) is 22.1.